The summed E-state index contributed by atoms with van der Waals surface area (Å²) in [4.78, 5) is 58.3. The van der Waals surface area contributed by atoms with Crippen molar-refractivity contribution in [2.24, 2.45) is 52.8 Å². The van der Waals surface area contributed by atoms with Crippen LogP contribution in [0.1, 0.15) is 29.2 Å². The molecule has 4 amide bonds. The van der Waals surface area contributed by atoms with Crippen LogP contribution in [0.4, 0.5) is 75.4 Å². The Labute approximate surface area is 352 Å². The molecule has 5 fully saturated rings. The van der Waals surface area contributed by atoms with Gasteiger partial charge in [-0.2, -0.15) is 52.7 Å². The van der Waals surface area contributed by atoms with Crippen molar-refractivity contribution in [1.82, 2.24) is 0 Å². The molecule has 6 aliphatic rings. The van der Waals surface area contributed by atoms with Crippen molar-refractivity contribution in [3.63, 3.8) is 0 Å². The number of hydrogen-bond acceptors (Lipinski definition) is 6. The van der Waals surface area contributed by atoms with Crippen LogP contribution in [0.5, 0.6) is 0 Å². The SMILES string of the molecule is CC12C3=CC1C1C(=O)N(c4ccc(-c5ccc(N)cc5C(F)(F)F)c(C(F)(F)F)c4)C(=O)C1C3C1C3C(=O)N(c4ccc(-c5ccc(N)cc5C(F)(F)F)c(C(F)(F)F)c4)C(=O)C3C12. The van der Waals surface area contributed by atoms with E-state index in [2.05, 4.69) is 0 Å². The Balaban J connectivity index is 0.994. The summed E-state index contributed by atoms with van der Waals surface area (Å²) >= 11 is 0. The number of nitrogens with zero attached hydrogens (tertiary/aromatic N) is 2. The van der Waals surface area contributed by atoms with Gasteiger partial charge in [0.25, 0.3) is 0 Å². The highest BCUT2D eigenvalue weighted by atomic mass is 19.4. The van der Waals surface area contributed by atoms with E-state index in [1.54, 1.807) is 13.0 Å². The Morgan fingerprint density at radius 3 is 1.25 bits per heavy atom. The van der Waals surface area contributed by atoms with E-state index in [0.717, 1.165) is 48.5 Å². The first-order valence-corrected chi connectivity index (χ1v) is 19.5. The number of rotatable bonds is 4. The molecule has 4 N–H and O–H groups in total. The number of nitrogen functional groups attached to an aromatic ring is 2. The minimum Gasteiger partial charge on any atom is -0.399 e. The topological polar surface area (TPSA) is 127 Å². The first kappa shape index (κ1) is 41.7. The number of amides is 4. The molecule has 3 saturated carbocycles. The molecular weight excluding hydrogens is 876 g/mol. The monoisotopic (exact) mass is 904 g/mol. The molecule has 10 rings (SSSR count). The van der Waals surface area contributed by atoms with Gasteiger partial charge in [0.05, 0.1) is 57.3 Å². The predicted molar refractivity (Wildman–Crippen MR) is 202 cm³/mol. The first-order chi connectivity index (χ1) is 29.7. The Hall–Kier alpha value is -6.34. The number of halogens is 12. The van der Waals surface area contributed by atoms with Gasteiger partial charge in [-0.1, -0.05) is 42.8 Å². The van der Waals surface area contributed by atoms with Gasteiger partial charge in [0, 0.05) is 11.4 Å². The van der Waals surface area contributed by atoms with Crippen molar-refractivity contribution in [1.29, 1.82) is 0 Å². The van der Waals surface area contributed by atoms with Crippen LogP contribution in [0.3, 0.4) is 0 Å². The van der Waals surface area contributed by atoms with Gasteiger partial charge >= 0.3 is 24.7 Å². The Kier molecular flexibility index (Phi) is 8.25. The lowest BCUT2D eigenvalue weighted by Crippen LogP contribution is -2.55. The van der Waals surface area contributed by atoms with E-state index >= 15 is 0 Å². The molecule has 4 aromatic carbocycles. The van der Waals surface area contributed by atoms with Crippen LogP contribution in [0, 0.1) is 52.8 Å². The summed E-state index contributed by atoms with van der Waals surface area (Å²) in [6.07, 6.45) is -19.1. The third-order valence-corrected chi connectivity index (χ3v) is 14.3. The fraction of sp³-hybridized carbons (Fsp3) is 0.318. The first-order valence-electron chi connectivity index (χ1n) is 19.5. The normalized spacial score (nSPS) is 29.4. The van der Waals surface area contributed by atoms with E-state index in [9.17, 15) is 71.9 Å². The van der Waals surface area contributed by atoms with Gasteiger partial charge in [0.1, 0.15) is 0 Å². The van der Waals surface area contributed by atoms with Crippen LogP contribution in [-0.2, 0) is 43.9 Å². The lowest BCUT2D eigenvalue weighted by atomic mass is 9.46. The number of anilines is 4. The number of benzene rings is 4. The smallest absolute Gasteiger partial charge is 0.399 e. The summed E-state index contributed by atoms with van der Waals surface area (Å²) in [6, 6.07) is 8.60. The van der Waals surface area contributed by atoms with Gasteiger partial charge in [0.15, 0.2) is 0 Å². The number of nitrogens with two attached hydrogens (primary N) is 2. The quantitative estimate of drug-likeness (QED) is 0.0910. The van der Waals surface area contributed by atoms with Crippen molar-refractivity contribution >= 4 is 46.4 Å². The third-order valence-electron chi connectivity index (χ3n) is 14.3. The molecule has 20 heteroatoms. The third kappa shape index (κ3) is 5.39. The van der Waals surface area contributed by atoms with E-state index in [1.807, 2.05) is 0 Å². The minimum atomic E-state index is -5.29. The second-order valence-corrected chi connectivity index (χ2v) is 17.2. The van der Waals surface area contributed by atoms with Gasteiger partial charge in [-0.05, 0) is 99.9 Å². The standard InChI is InChI=1S/C44H28F12N4O4/c1-40-27-14-28(40)30-32(37(62)59(36(30)61)17-4-8-21(25(12-17)43(51,52)53)19-6-2-15(57)10-23(19)41(45,46)47)29(27)31-33-34(35(31)40)39(64)60(38(33)63)18-5-9-22(26(13-18)44(54,55)56)20-7-3-16(58)11-24(20)42(48,49)50/h2-14,28-35H,57-58H2,1H3. The number of fused-ring (bicyclic) bond motifs is 8. The van der Waals surface area contributed by atoms with Crippen LogP contribution >= 0.6 is 0 Å². The van der Waals surface area contributed by atoms with Crippen LogP contribution in [0.15, 0.2) is 84.4 Å². The number of imide groups is 2. The van der Waals surface area contributed by atoms with E-state index in [4.69, 9.17) is 11.5 Å². The zero-order valence-electron chi connectivity index (χ0n) is 32.3. The summed E-state index contributed by atoms with van der Waals surface area (Å²) < 4.78 is 172. The second kappa shape index (κ2) is 12.7. The van der Waals surface area contributed by atoms with Crippen LogP contribution in [0.2, 0.25) is 0 Å². The summed E-state index contributed by atoms with van der Waals surface area (Å²) in [5, 5.41) is 0. The van der Waals surface area contributed by atoms with Crippen LogP contribution in [0.25, 0.3) is 22.3 Å². The maximum absolute atomic E-state index is 14.7. The molecule has 64 heavy (non-hydrogen) atoms. The van der Waals surface area contributed by atoms with Gasteiger partial charge in [-0.15, -0.1) is 0 Å². The van der Waals surface area contributed by atoms with E-state index < -0.39 is 157 Å². The predicted octanol–water partition coefficient (Wildman–Crippen LogP) is 9.62. The lowest BCUT2D eigenvalue weighted by molar-refractivity contribution is -0.143. The van der Waals surface area contributed by atoms with Crippen LogP contribution in [-0.4, -0.2) is 23.6 Å². The van der Waals surface area contributed by atoms with Gasteiger partial charge in [-0.25, -0.2) is 0 Å². The van der Waals surface area contributed by atoms with Crippen molar-refractivity contribution in [2.45, 2.75) is 31.6 Å². The Morgan fingerprint density at radius 1 is 0.469 bits per heavy atom. The van der Waals surface area contributed by atoms with Crippen LogP contribution < -0.4 is 21.3 Å². The number of allylic oxidation sites excluding steroid dienone is 2. The average molecular weight is 905 g/mol. The molecule has 8 nitrogen and oxygen atoms in total. The Bertz CT molecular complexity index is 2850. The van der Waals surface area contributed by atoms with E-state index in [0.29, 0.717) is 39.6 Å². The highest BCUT2D eigenvalue weighted by Gasteiger charge is 2.83. The number of hydrogen-bond donors (Lipinski definition) is 2. The molecule has 2 heterocycles. The molecule has 4 aliphatic carbocycles. The molecule has 0 spiro atoms. The summed E-state index contributed by atoms with van der Waals surface area (Å²) in [5.74, 6) is -11.5. The summed E-state index contributed by atoms with van der Waals surface area (Å²) in [7, 11) is 0. The van der Waals surface area contributed by atoms with Crippen molar-refractivity contribution in [3.8, 4) is 22.3 Å². The van der Waals surface area contributed by atoms with E-state index in [1.165, 1.54) is 0 Å². The molecule has 0 radical (unpaired) electrons. The highest BCUT2D eigenvalue weighted by molar-refractivity contribution is 6.25. The fourth-order valence-electron chi connectivity index (χ4n) is 12.0. The van der Waals surface area contributed by atoms with E-state index in [-0.39, 0.29) is 11.4 Å². The van der Waals surface area contributed by atoms with Gasteiger partial charge in [-0.3, -0.25) is 29.0 Å². The number of alkyl halides is 12. The average Bonchev–Trinajstić information content (AvgIpc) is 3.61. The molecule has 4 bridgehead atoms. The molecule has 332 valence electrons. The molecule has 2 aliphatic heterocycles. The number of carbonyl (C=O) groups excluding carboxylic acids is 4. The zero-order valence-corrected chi connectivity index (χ0v) is 32.3. The molecular formula is C44H28F12N4O4. The Morgan fingerprint density at radius 2 is 0.828 bits per heavy atom. The molecule has 4 aromatic rings. The maximum Gasteiger partial charge on any atom is 0.417 e. The largest absolute Gasteiger partial charge is 0.417 e. The van der Waals surface area contributed by atoms with Crippen molar-refractivity contribution < 1.29 is 71.9 Å². The van der Waals surface area contributed by atoms with Gasteiger partial charge in [0.2, 0.25) is 23.6 Å². The summed E-state index contributed by atoms with van der Waals surface area (Å²) in [5.41, 5.74) is -0.763. The lowest BCUT2D eigenvalue weighted by Gasteiger charge is -2.55. The highest BCUT2D eigenvalue weighted by Crippen LogP contribution is 2.82. The summed E-state index contributed by atoms with van der Waals surface area (Å²) in [6.45, 7) is 1.72. The number of carbonyl (C=O) groups is 4. The van der Waals surface area contributed by atoms with Crippen molar-refractivity contribution in [2.75, 3.05) is 21.3 Å². The molecule has 9 unspecified atom stereocenters. The van der Waals surface area contributed by atoms with Crippen molar-refractivity contribution in [3.05, 3.63) is 107 Å². The molecule has 9 atom stereocenters. The van der Waals surface area contributed by atoms with Gasteiger partial charge < -0.3 is 11.5 Å². The molecule has 0 aromatic heterocycles. The fourth-order valence-corrected chi connectivity index (χ4v) is 12.0. The zero-order chi connectivity index (χ0) is 46.3. The second-order valence-electron chi connectivity index (χ2n) is 17.2. The molecule has 2 saturated heterocycles. The minimum absolute atomic E-state index is 0.365. The maximum atomic E-state index is 14.7.